The second kappa shape index (κ2) is 5.39. The Morgan fingerprint density at radius 2 is 1.95 bits per heavy atom. The number of nitrogens with two attached hydrogens (primary N) is 1. The van der Waals surface area contributed by atoms with Crippen LogP contribution in [0.15, 0.2) is 18.2 Å². The maximum absolute atomic E-state index is 12.4. The van der Waals surface area contributed by atoms with Crippen molar-refractivity contribution in [2.45, 2.75) is 26.4 Å². The second-order valence-electron chi connectivity index (χ2n) is 4.84. The van der Waals surface area contributed by atoms with E-state index in [1.165, 1.54) is 6.07 Å². The monoisotopic (exact) mass is 272 g/mol. The number of nitrogens with zero attached hydrogens (tertiary/aromatic N) is 1. The lowest BCUT2D eigenvalue weighted by molar-refractivity contribution is -0.137. The van der Waals surface area contributed by atoms with Crippen LogP contribution in [0, 0.1) is 16.7 Å². The van der Waals surface area contributed by atoms with Gasteiger partial charge in [0.15, 0.2) is 0 Å². The van der Waals surface area contributed by atoms with Crippen molar-refractivity contribution in [3.8, 4) is 11.8 Å². The van der Waals surface area contributed by atoms with Crippen molar-refractivity contribution in [1.82, 2.24) is 0 Å². The van der Waals surface area contributed by atoms with Crippen LogP contribution in [0.1, 0.15) is 25.8 Å². The molecule has 0 fully saturated rings. The molecule has 1 rings (SSSR count). The SMILES string of the molecule is CC(C)(C#N)CCOc1ccc(C(F)(F)F)cc1N. The summed E-state index contributed by atoms with van der Waals surface area (Å²) in [6, 6.07) is 5.06. The molecule has 0 aliphatic rings. The molecular weight excluding hydrogens is 257 g/mol. The average Bonchev–Trinajstić information content (AvgIpc) is 2.30. The van der Waals surface area contributed by atoms with Crippen LogP contribution in [-0.2, 0) is 6.18 Å². The first-order valence-electron chi connectivity index (χ1n) is 5.66. The lowest BCUT2D eigenvalue weighted by atomic mass is 9.92. The van der Waals surface area contributed by atoms with Gasteiger partial charge in [-0.3, -0.25) is 0 Å². The molecule has 104 valence electrons. The highest BCUT2D eigenvalue weighted by atomic mass is 19.4. The van der Waals surface area contributed by atoms with Gasteiger partial charge in [-0.05, 0) is 38.5 Å². The number of anilines is 1. The predicted molar refractivity (Wildman–Crippen MR) is 65.4 cm³/mol. The van der Waals surface area contributed by atoms with Gasteiger partial charge in [-0.2, -0.15) is 18.4 Å². The number of rotatable bonds is 4. The van der Waals surface area contributed by atoms with Gasteiger partial charge in [0.25, 0.3) is 0 Å². The van der Waals surface area contributed by atoms with E-state index in [1.54, 1.807) is 13.8 Å². The topological polar surface area (TPSA) is 59.0 Å². The van der Waals surface area contributed by atoms with Crippen molar-refractivity contribution < 1.29 is 17.9 Å². The van der Waals surface area contributed by atoms with E-state index in [4.69, 9.17) is 15.7 Å². The van der Waals surface area contributed by atoms with Crippen LogP contribution in [0.4, 0.5) is 18.9 Å². The standard InChI is InChI=1S/C13H15F3N2O/c1-12(2,8-17)5-6-19-11-4-3-9(7-10(11)18)13(14,15)16/h3-4,7H,5-6,18H2,1-2H3. The van der Waals surface area contributed by atoms with Crippen molar-refractivity contribution in [3.63, 3.8) is 0 Å². The summed E-state index contributed by atoms with van der Waals surface area (Å²) in [5.74, 6) is 0.196. The number of nitriles is 1. The Morgan fingerprint density at radius 3 is 2.42 bits per heavy atom. The largest absolute Gasteiger partial charge is 0.491 e. The van der Waals surface area contributed by atoms with E-state index in [2.05, 4.69) is 6.07 Å². The highest BCUT2D eigenvalue weighted by Gasteiger charge is 2.31. The molecule has 0 saturated carbocycles. The third-order valence-corrected chi connectivity index (χ3v) is 2.62. The fourth-order valence-electron chi connectivity index (χ4n) is 1.33. The summed E-state index contributed by atoms with van der Waals surface area (Å²) in [5.41, 5.74) is 4.09. The van der Waals surface area contributed by atoms with Crippen LogP contribution >= 0.6 is 0 Å². The number of halogens is 3. The lowest BCUT2D eigenvalue weighted by Gasteiger charge is -2.16. The molecule has 0 amide bonds. The molecule has 0 radical (unpaired) electrons. The van der Waals surface area contributed by atoms with Gasteiger partial charge in [-0.1, -0.05) is 0 Å². The summed E-state index contributed by atoms with van der Waals surface area (Å²) in [6.45, 7) is 3.73. The van der Waals surface area contributed by atoms with Crippen LogP contribution < -0.4 is 10.5 Å². The van der Waals surface area contributed by atoms with Gasteiger partial charge in [0.2, 0.25) is 0 Å². The number of nitrogen functional groups attached to an aromatic ring is 1. The van der Waals surface area contributed by atoms with Gasteiger partial charge in [-0.25, -0.2) is 0 Å². The normalized spacial score (nSPS) is 12.0. The molecular formula is C13H15F3N2O. The zero-order valence-electron chi connectivity index (χ0n) is 10.7. The zero-order valence-corrected chi connectivity index (χ0v) is 10.7. The Kier molecular flexibility index (Phi) is 4.30. The average molecular weight is 272 g/mol. The third-order valence-electron chi connectivity index (χ3n) is 2.62. The van der Waals surface area contributed by atoms with Crippen molar-refractivity contribution in [1.29, 1.82) is 5.26 Å². The van der Waals surface area contributed by atoms with Crippen molar-refractivity contribution >= 4 is 5.69 Å². The molecule has 0 heterocycles. The number of ether oxygens (including phenoxy) is 1. The quantitative estimate of drug-likeness (QED) is 0.852. The van der Waals surface area contributed by atoms with Crippen LogP contribution in [0.3, 0.4) is 0 Å². The second-order valence-corrected chi connectivity index (χ2v) is 4.84. The first-order valence-corrected chi connectivity index (χ1v) is 5.66. The molecule has 0 saturated heterocycles. The van der Waals surface area contributed by atoms with Gasteiger partial charge in [-0.15, -0.1) is 0 Å². The first-order chi connectivity index (χ1) is 8.65. The summed E-state index contributed by atoms with van der Waals surface area (Å²) in [4.78, 5) is 0. The summed E-state index contributed by atoms with van der Waals surface area (Å²) in [5, 5.41) is 8.82. The summed E-state index contributed by atoms with van der Waals surface area (Å²) in [7, 11) is 0. The number of hydrogen-bond acceptors (Lipinski definition) is 3. The number of hydrogen-bond donors (Lipinski definition) is 1. The van der Waals surface area contributed by atoms with E-state index in [-0.39, 0.29) is 18.0 Å². The maximum Gasteiger partial charge on any atom is 0.416 e. The van der Waals surface area contributed by atoms with Crippen molar-refractivity contribution in [2.24, 2.45) is 5.41 Å². The van der Waals surface area contributed by atoms with Crippen LogP contribution in [0.2, 0.25) is 0 Å². The fraction of sp³-hybridized carbons (Fsp3) is 0.462. The predicted octanol–water partition coefficient (Wildman–Crippen LogP) is 3.61. The Hall–Kier alpha value is -1.90. The smallest absolute Gasteiger partial charge is 0.416 e. The molecule has 0 aromatic heterocycles. The van der Waals surface area contributed by atoms with E-state index in [0.717, 1.165) is 12.1 Å². The van der Waals surface area contributed by atoms with E-state index in [9.17, 15) is 13.2 Å². The van der Waals surface area contributed by atoms with E-state index in [0.29, 0.717) is 6.42 Å². The van der Waals surface area contributed by atoms with Crippen LogP contribution in [0.5, 0.6) is 5.75 Å². The Morgan fingerprint density at radius 1 is 1.32 bits per heavy atom. The highest BCUT2D eigenvalue weighted by Crippen LogP contribution is 2.33. The first kappa shape index (κ1) is 15.2. The molecule has 6 heteroatoms. The van der Waals surface area contributed by atoms with Gasteiger partial charge >= 0.3 is 6.18 Å². The van der Waals surface area contributed by atoms with Crippen molar-refractivity contribution in [2.75, 3.05) is 12.3 Å². The van der Waals surface area contributed by atoms with Crippen molar-refractivity contribution in [3.05, 3.63) is 23.8 Å². The summed E-state index contributed by atoms with van der Waals surface area (Å²) in [6.07, 6.45) is -3.96. The fourth-order valence-corrected chi connectivity index (χ4v) is 1.33. The van der Waals surface area contributed by atoms with Crippen LogP contribution in [-0.4, -0.2) is 6.61 Å². The zero-order chi connectivity index (χ0) is 14.7. The Balaban J connectivity index is 2.69. The molecule has 0 spiro atoms. The molecule has 0 aliphatic heterocycles. The summed E-state index contributed by atoms with van der Waals surface area (Å²) >= 11 is 0. The van der Waals surface area contributed by atoms with Gasteiger partial charge in [0.05, 0.1) is 29.3 Å². The third kappa shape index (κ3) is 4.36. The number of alkyl halides is 3. The molecule has 1 aromatic rings. The molecule has 3 nitrogen and oxygen atoms in total. The van der Waals surface area contributed by atoms with Crippen LogP contribution in [0.25, 0.3) is 0 Å². The van der Waals surface area contributed by atoms with Gasteiger partial charge in [0.1, 0.15) is 5.75 Å². The van der Waals surface area contributed by atoms with Gasteiger partial charge < -0.3 is 10.5 Å². The molecule has 0 unspecified atom stereocenters. The summed E-state index contributed by atoms with van der Waals surface area (Å²) < 4.78 is 42.6. The number of benzene rings is 1. The Bertz CT molecular complexity index is 490. The molecule has 1 aromatic carbocycles. The molecule has 0 bridgehead atoms. The molecule has 0 aliphatic carbocycles. The Labute approximate surface area is 109 Å². The molecule has 2 N–H and O–H groups in total. The molecule has 0 atom stereocenters. The maximum atomic E-state index is 12.4. The molecule has 19 heavy (non-hydrogen) atoms. The van der Waals surface area contributed by atoms with E-state index >= 15 is 0 Å². The minimum absolute atomic E-state index is 0.0652. The van der Waals surface area contributed by atoms with Gasteiger partial charge in [0, 0.05) is 0 Å². The highest BCUT2D eigenvalue weighted by molar-refractivity contribution is 5.54. The minimum atomic E-state index is -4.42. The van der Waals surface area contributed by atoms with E-state index in [1.807, 2.05) is 0 Å². The minimum Gasteiger partial charge on any atom is -0.491 e. The van der Waals surface area contributed by atoms with E-state index < -0.39 is 17.2 Å². The lowest BCUT2D eigenvalue weighted by Crippen LogP contribution is -2.14.